The van der Waals surface area contributed by atoms with Gasteiger partial charge in [-0.25, -0.2) is 0 Å². The third-order valence-electron chi connectivity index (χ3n) is 4.94. The summed E-state index contributed by atoms with van der Waals surface area (Å²) in [7, 11) is 0. The zero-order chi connectivity index (χ0) is 17.8. The second-order valence-corrected chi connectivity index (χ2v) is 6.80. The van der Waals surface area contributed by atoms with Crippen molar-refractivity contribution in [2.75, 3.05) is 5.01 Å². The van der Waals surface area contributed by atoms with Gasteiger partial charge in [-0.05, 0) is 35.2 Å². The van der Waals surface area contributed by atoms with Crippen LogP contribution < -0.4 is 5.01 Å². The Bertz CT molecular complexity index is 867. The molecule has 0 fully saturated rings. The molecule has 4 rings (SSSR count). The van der Waals surface area contributed by atoms with Crippen LogP contribution in [0.15, 0.2) is 90.0 Å². The fourth-order valence-corrected chi connectivity index (χ4v) is 3.59. The van der Waals surface area contributed by atoms with E-state index in [2.05, 4.69) is 96.9 Å². The highest BCUT2D eigenvalue weighted by atomic mass is 15.5. The first-order valence-electron chi connectivity index (χ1n) is 9.41. The van der Waals surface area contributed by atoms with Gasteiger partial charge < -0.3 is 0 Å². The Balaban J connectivity index is 1.70. The summed E-state index contributed by atoms with van der Waals surface area (Å²) in [6.07, 6.45) is 3.22. The minimum Gasteiger partial charge on any atom is -0.257 e. The van der Waals surface area contributed by atoms with Gasteiger partial charge in [-0.2, -0.15) is 5.10 Å². The van der Waals surface area contributed by atoms with Gasteiger partial charge in [0.05, 0.1) is 17.4 Å². The van der Waals surface area contributed by atoms with E-state index in [0.717, 1.165) is 24.2 Å². The monoisotopic (exact) mass is 340 g/mol. The van der Waals surface area contributed by atoms with Gasteiger partial charge in [0.2, 0.25) is 0 Å². The van der Waals surface area contributed by atoms with E-state index in [4.69, 9.17) is 5.10 Å². The minimum absolute atomic E-state index is 0.239. The van der Waals surface area contributed by atoms with Gasteiger partial charge in [0, 0.05) is 6.42 Å². The lowest BCUT2D eigenvalue weighted by Gasteiger charge is -2.24. The molecular weight excluding hydrogens is 316 g/mol. The fourth-order valence-electron chi connectivity index (χ4n) is 3.59. The summed E-state index contributed by atoms with van der Waals surface area (Å²) >= 11 is 0. The lowest BCUT2D eigenvalue weighted by atomic mass is 9.98. The minimum atomic E-state index is 0.239. The van der Waals surface area contributed by atoms with E-state index in [-0.39, 0.29) is 6.04 Å². The molecule has 1 unspecified atom stereocenters. The van der Waals surface area contributed by atoms with Gasteiger partial charge in [-0.15, -0.1) is 0 Å². The second-order valence-electron chi connectivity index (χ2n) is 6.80. The molecule has 0 spiro atoms. The molecule has 1 aliphatic heterocycles. The third kappa shape index (κ3) is 3.41. The molecule has 2 heteroatoms. The Hall–Kier alpha value is -2.87. The Morgan fingerprint density at radius 1 is 0.846 bits per heavy atom. The molecule has 0 saturated carbocycles. The van der Waals surface area contributed by atoms with Crippen LogP contribution in [0.25, 0.3) is 0 Å². The van der Waals surface area contributed by atoms with Gasteiger partial charge in [-0.1, -0.05) is 86.1 Å². The lowest BCUT2D eigenvalue weighted by molar-refractivity contribution is 0.708. The molecule has 0 radical (unpaired) electrons. The highest BCUT2D eigenvalue weighted by Crippen LogP contribution is 2.36. The maximum atomic E-state index is 5.01. The van der Waals surface area contributed by atoms with Gasteiger partial charge in [0.25, 0.3) is 0 Å². The largest absolute Gasteiger partial charge is 0.257 e. The Morgan fingerprint density at radius 3 is 2.15 bits per heavy atom. The highest BCUT2D eigenvalue weighted by molar-refractivity contribution is 6.03. The third-order valence-corrected chi connectivity index (χ3v) is 4.94. The molecule has 0 amide bonds. The maximum Gasteiger partial charge on any atom is 0.0831 e. The molecule has 26 heavy (non-hydrogen) atoms. The summed E-state index contributed by atoms with van der Waals surface area (Å²) in [4.78, 5) is 0. The molecule has 0 N–H and O–H groups in total. The Kier molecular flexibility index (Phi) is 4.83. The summed E-state index contributed by atoms with van der Waals surface area (Å²) < 4.78 is 0. The summed E-state index contributed by atoms with van der Waals surface area (Å²) in [5, 5.41) is 7.20. The molecule has 0 aromatic heterocycles. The summed E-state index contributed by atoms with van der Waals surface area (Å²) in [6, 6.07) is 30.3. The van der Waals surface area contributed by atoms with Crippen LogP contribution in [0.5, 0.6) is 0 Å². The van der Waals surface area contributed by atoms with Crippen LogP contribution in [-0.4, -0.2) is 5.71 Å². The normalized spacial score (nSPS) is 16.6. The number of benzene rings is 3. The molecule has 1 atom stereocenters. The van der Waals surface area contributed by atoms with Crippen molar-refractivity contribution in [1.29, 1.82) is 0 Å². The zero-order valence-electron chi connectivity index (χ0n) is 15.2. The second kappa shape index (κ2) is 7.57. The molecule has 0 saturated heterocycles. The van der Waals surface area contributed by atoms with Crippen molar-refractivity contribution in [1.82, 2.24) is 0 Å². The van der Waals surface area contributed by atoms with E-state index in [1.165, 1.54) is 23.1 Å². The predicted molar refractivity (Wildman–Crippen MR) is 110 cm³/mol. The first-order valence-corrected chi connectivity index (χ1v) is 9.41. The topological polar surface area (TPSA) is 15.6 Å². The zero-order valence-corrected chi connectivity index (χ0v) is 15.2. The van der Waals surface area contributed by atoms with Crippen molar-refractivity contribution in [3.63, 3.8) is 0 Å². The smallest absolute Gasteiger partial charge is 0.0831 e. The molecule has 130 valence electrons. The number of hydrogen-bond acceptors (Lipinski definition) is 2. The van der Waals surface area contributed by atoms with Crippen LogP contribution in [0, 0.1) is 0 Å². The molecule has 0 bridgehead atoms. The SMILES string of the molecule is CCCc1ccc(N2N=C(c3ccccc3)CC2c2ccccc2)cc1. The van der Waals surface area contributed by atoms with Gasteiger partial charge in [0.1, 0.15) is 0 Å². The van der Waals surface area contributed by atoms with Crippen LogP contribution in [-0.2, 0) is 6.42 Å². The van der Waals surface area contributed by atoms with Crippen LogP contribution in [0.4, 0.5) is 5.69 Å². The van der Waals surface area contributed by atoms with E-state index in [0.29, 0.717) is 0 Å². The van der Waals surface area contributed by atoms with Crippen molar-refractivity contribution >= 4 is 11.4 Å². The van der Waals surface area contributed by atoms with Crippen molar-refractivity contribution in [2.45, 2.75) is 32.2 Å². The molecule has 3 aromatic carbocycles. The van der Waals surface area contributed by atoms with E-state index in [1.54, 1.807) is 0 Å². The van der Waals surface area contributed by atoms with E-state index in [1.807, 2.05) is 0 Å². The lowest BCUT2D eigenvalue weighted by Crippen LogP contribution is -2.18. The first-order chi connectivity index (χ1) is 12.8. The van der Waals surface area contributed by atoms with Crippen LogP contribution in [0.1, 0.15) is 42.5 Å². The van der Waals surface area contributed by atoms with E-state index >= 15 is 0 Å². The highest BCUT2D eigenvalue weighted by Gasteiger charge is 2.29. The van der Waals surface area contributed by atoms with Gasteiger partial charge in [0.15, 0.2) is 0 Å². The molecule has 0 aliphatic carbocycles. The molecule has 1 heterocycles. The summed E-state index contributed by atoms with van der Waals surface area (Å²) in [5.41, 5.74) is 6.21. The van der Waals surface area contributed by atoms with Crippen molar-refractivity contribution < 1.29 is 0 Å². The molecule has 2 nitrogen and oxygen atoms in total. The fraction of sp³-hybridized carbons (Fsp3) is 0.208. The van der Waals surface area contributed by atoms with Gasteiger partial charge >= 0.3 is 0 Å². The number of aryl methyl sites for hydroxylation is 1. The maximum absolute atomic E-state index is 5.01. The molecule has 1 aliphatic rings. The average molecular weight is 340 g/mol. The van der Waals surface area contributed by atoms with Crippen molar-refractivity contribution in [3.8, 4) is 0 Å². The summed E-state index contributed by atoms with van der Waals surface area (Å²) in [5.74, 6) is 0. The van der Waals surface area contributed by atoms with Crippen LogP contribution in [0.3, 0.4) is 0 Å². The Labute approximate surface area is 155 Å². The van der Waals surface area contributed by atoms with Crippen molar-refractivity contribution in [3.05, 3.63) is 102 Å². The summed E-state index contributed by atoms with van der Waals surface area (Å²) in [6.45, 7) is 2.22. The number of hydrazone groups is 1. The van der Waals surface area contributed by atoms with Crippen molar-refractivity contribution in [2.24, 2.45) is 5.10 Å². The average Bonchev–Trinajstić information content (AvgIpc) is 3.16. The van der Waals surface area contributed by atoms with Crippen LogP contribution >= 0.6 is 0 Å². The molecule has 3 aromatic rings. The Morgan fingerprint density at radius 2 is 1.50 bits per heavy atom. The number of hydrogen-bond donors (Lipinski definition) is 0. The van der Waals surface area contributed by atoms with E-state index in [9.17, 15) is 0 Å². The predicted octanol–water partition coefficient (Wildman–Crippen LogP) is 5.99. The number of nitrogens with zero attached hydrogens (tertiary/aromatic N) is 2. The van der Waals surface area contributed by atoms with Gasteiger partial charge in [-0.3, -0.25) is 5.01 Å². The van der Waals surface area contributed by atoms with Crippen LogP contribution in [0.2, 0.25) is 0 Å². The van der Waals surface area contributed by atoms with E-state index < -0.39 is 0 Å². The standard InChI is InChI=1S/C24H24N2/c1-2-9-19-14-16-22(17-15-19)26-24(21-12-7-4-8-13-21)18-23(25-26)20-10-5-3-6-11-20/h3-8,10-17,24H,2,9,18H2,1H3. The molecular formula is C24H24N2. The quantitative estimate of drug-likeness (QED) is 0.556. The number of rotatable bonds is 5. The first kappa shape index (κ1) is 16.6. The number of anilines is 1.